The molecule has 0 amide bonds. The number of hydrogen-bond donors (Lipinski definition) is 3. The molecule has 0 saturated carbocycles. The third kappa shape index (κ3) is 6.13. The summed E-state index contributed by atoms with van der Waals surface area (Å²) in [6.45, 7) is 3.66. The van der Waals surface area contributed by atoms with Crippen molar-refractivity contribution >= 4 is 22.3 Å². The van der Waals surface area contributed by atoms with Gasteiger partial charge in [-0.25, -0.2) is 0 Å². The number of aromatic nitrogens is 1. The number of rotatable bonds is 7. The van der Waals surface area contributed by atoms with Crippen LogP contribution in [0.2, 0.25) is 0 Å². The third-order valence-electron chi connectivity index (χ3n) is 8.19. The van der Waals surface area contributed by atoms with Gasteiger partial charge in [-0.1, -0.05) is 30.3 Å². The first-order chi connectivity index (χ1) is 19.3. The second kappa shape index (κ2) is 11.2. The molecule has 1 saturated heterocycles. The number of likely N-dealkylation sites (tertiary alicyclic amines) is 1. The summed E-state index contributed by atoms with van der Waals surface area (Å²) >= 11 is 0. The molecule has 3 aromatic carbocycles. The van der Waals surface area contributed by atoms with Crippen molar-refractivity contribution in [2.24, 2.45) is 0 Å². The highest BCUT2D eigenvalue weighted by molar-refractivity contribution is 5.96. The van der Waals surface area contributed by atoms with Crippen LogP contribution in [-0.4, -0.2) is 48.4 Å². The van der Waals surface area contributed by atoms with E-state index in [1.54, 1.807) is 12.3 Å². The lowest BCUT2D eigenvalue weighted by Gasteiger charge is -2.30. The molecule has 0 aliphatic carbocycles. The van der Waals surface area contributed by atoms with Crippen LogP contribution in [0.4, 0.5) is 24.5 Å². The number of alkyl halides is 3. The van der Waals surface area contributed by atoms with Gasteiger partial charge in [0.05, 0.1) is 5.52 Å². The largest absolute Gasteiger partial charge is 0.406 e. The summed E-state index contributed by atoms with van der Waals surface area (Å²) in [5.41, 5.74) is 8.42. The quantitative estimate of drug-likeness (QED) is 0.243. The summed E-state index contributed by atoms with van der Waals surface area (Å²) in [6, 6.07) is 20.9. The van der Waals surface area contributed by atoms with E-state index >= 15 is 0 Å². The lowest BCUT2D eigenvalue weighted by molar-refractivity contribution is -0.139. The lowest BCUT2D eigenvalue weighted by Crippen LogP contribution is -2.36. The fraction of sp³-hybridized carbons (Fsp3) is 0.375. The monoisotopic (exact) mass is 547 g/mol. The Morgan fingerprint density at radius 2 is 1.73 bits per heavy atom. The molecule has 8 heteroatoms. The highest BCUT2D eigenvalue weighted by atomic mass is 19.4. The van der Waals surface area contributed by atoms with E-state index in [0.29, 0.717) is 18.1 Å². The summed E-state index contributed by atoms with van der Waals surface area (Å²) in [4.78, 5) is 2.31. The molecule has 2 aliphatic rings. The van der Waals surface area contributed by atoms with Crippen molar-refractivity contribution in [2.45, 2.75) is 51.1 Å². The second-order valence-electron chi connectivity index (χ2n) is 11.2. The van der Waals surface area contributed by atoms with Gasteiger partial charge in [0, 0.05) is 42.1 Å². The van der Waals surface area contributed by atoms with Crippen molar-refractivity contribution in [1.82, 2.24) is 14.8 Å². The van der Waals surface area contributed by atoms with Crippen LogP contribution >= 0.6 is 0 Å². The first-order valence-corrected chi connectivity index (χ1v) is 14.1. The SMILES string of the molecule is CN1CCC(Nc2cc(-c3ccc(CNc4ccc5c(c4)CCNC5)cc3)cc3c2ccn3CC(F)(F)F)CC1. The Balaban J connectivity index is 1.24. The topological polar surface area (TPSA) is 44.3 Å². The number of fused-ring (bicyclic) bond motifs is 2. The molecular weight excluding hydrogens is 511 g/mol. The molecule has 6 rings (SSSR count). The molecule has 4 aromatic rings. The van der Waals surface area contributed by atoms with Crippen molar-refractivity contribution in [3.63, 3.8) is 0 Å². The number of nitrogens with zero attached hydrogens (tertiary/aromatic N) is 2. The Hall–Kier alpha value is -3.49. The van der Waals surface area contributed by atoms with E-state index in [1.807, 2.05) is 6.07 Å². The van der Waals surface area contributed by atoms with Crippen molar-refractivity contribution in [3.8, 4) is 11.1 Å². The predicted octanol–water partition coefficient (Wildman–Crippen LogP) is 6.63. The fourth-order valence-corrected chi connectivity index (χ4v) is 5.89. The summed E-state index contributed by atoms with van der Waals surface area (Å²) in [5.74, 6) is 0. The van der Waals surface area contributed by atoms with E-state index in [2.05, 4.69) is 76.4 Å². The molecule has 0 radical (unpaired) electrons. The Bertz CT molecular complexity index is 1470. The number of halogens is 3. The van der Waals surface area contributed by atoms with Crippen LogP contribution in [0.5, 0.6) is 0 Å². The van der Waals surface area contributed by atoms with E-state index in [1.165, 1.54) is 15.7 Å². The van der Waals surface area contributed by atoms with E-state index in [-0.39, 0.29) is 0 Å². The Morgan fingerprint density at radius 3 is 2.50 bits per heavy atom. The van der Waals surface area contributed by atoms with Gasteiger partial charge in [-0.3, -0.25) is 0 Å². The van der Waals surface area contributed by atoms with Gasteiger partial charge in [-0.05, 0) is 104 Å². The number of nitrogens with one attached hydrogen (secondary N) is 3. The van der Waals surface area contributed by atoms with Crippen molar-refractivity contribution in [1.29, 1.82) is 0 Å². The van der Waals surface area contributed by atoms with Gasteiger partial charge < -0.3 is 25.4 Å². The van der Waals surface area contributed by atoms with E-state index in [0.717, 1.165) is 78.9 Å². The van der Waals surface area contributed by atoms with Crippen molar-refractivity contribution in [3.05, 3.63) is 83.6 Å². The zero-order valence-electron chi connectivity index (χ0n) is 22.8. The zero-order chi connectivity index (χ0) is 27.7. The van der Waals surface area contributed by atoms with Crippen molar-refractivity contribution in [2.75, 3.05) is 37.3 Å². The first kappa shape index (κ1) is 26.7. The molecule has 0 bridgehead atoms. The molecular formula is C32H36F3N5. The maximum Gasteiger partial charge on any atom is 0.406 e. The van der Waals surface area contributed by atoms with Crippen molar-refractivity contribution < 1.29 is 13.2 Å². The molecule has 0 unspecified atom stereocenters. The molecule has 3 heterocycles. The number of anilines is 2. The number of piperidine rings is 1. The van der Waals surface area contributed by atoms with Crippen LogP contribution in [0.15, 0.2) is 66.9 Å². The van der Waals surface area contributed by atoms with E-state index in [9.17, 15) is 13.2 Å². The highest BCUT2D eigenvalue weighted by Gasteiger charge is 2.29. The van der Waals surface area contributed by atoms with Crippen LogP contribution in [0, 0.1) is 0 Å². The second-order valence-corrected chi connectivity index (χ2v) is 11.2. The minimum absolute atomic E-state index is 0.300. The zero-order valence-corrected chi connectivity index (χ0v) is 22.8. The molecule has 0 atom stereocenters. The number of hydrogen-bond acceptors (Lipinski definition) is 4. The van der Waals surface area contributed by atoms with Gasteiger partial charge in [0.1, 0.15) is 6.54 Å². The third-order valence-corrected chi connectivity index (χ3v) is 8.19. The normalized spacial score (nSPS) is 16.7. The van der Waals surface area contributed by atoms with E-state index < -0.39 is 12.7 Å². The highest BCUT2D eigenvalue weighted by Crippen LogP contribution is 2.34. The molecule has 40 heavy (non-hydrogen) atoms. The van der Waals surface area contributed by atoms with Gasteiger partial charge in [-0.15, -0.1) is 0 Å². The first-order valence-electron chi connectivity index (χ1n) is 14.1. The Morgan fingerprint density at radius 1 is 0.925 bits per heavy atom. The summed E-state index contributed by atoms with van der Waals surface area (Å²) in [5, 5.41) is 11.4. The molecule has 1 fully saturated rings. The average molecular weight is 548 g/mol. The standard InChI is InChI=1S/C32H36F3N5/c1-39-13-9-27(10-14-39)38-30-17-26(18-31-29(30)11-15-40(31)21-32(33,34)35)23-4-2-22(3-5-23)19-37-28-7-6-25-20-36-12-8-24(25)16-28/h2-7,11,15-18,27,36-38H,8-10,12-14,19-21H2,1H3. The van der Waals surface area contributed by atoms with Crippen LogP contribution in [-0.2, 0) is 26.1 Å². The van der Waals surface area contributed by atoms with Crippen LogP contribution in [0.25, 0.3) is 22.0 Å². The van der Waals surface area contributed by atoms with Gasteiger partial charge in [-0.2, -0.15) is 13.2 Å². The minimum atomic E-state index is -4.28. The summed E-state index contributed by atoms with van der Waals surface area (Å²) < 4.78 is 41.4. The van der Waals surface area contributed by atoms with Gasteiger partial charge in [0.15, 0.2) is 0 Å². The molecule has 3 N–H and O–H groups in total. The summed E-state index contributed by atoms with van der Waals surface area (Å²) in [6.07, 6.45) is 0.328. The van der Waals surface area contributed by atoms with Gasteiger partial charge in [0.25, 0.3) is 0 Å². The Labute approximate surface area is 233 Å². The van der Waals surface area contributed by atoms with Gasteiger partial charge >= 0.3 is 6.18 Å². The van der Waals surface area contributed by atoms with Crippen LogP contribution < -0.4 is 16.0 Å². The lowest BCUT2D eigenvalue weighted by atomic mass is 9.99. The Kier molecular flexibility index (Phi) is 7.47. The smallest absolute Gasteiger partial charge is 0.382 e. The summed E-state index contributed by atoms with van der Waals surface area (Å²) in [7, 11) is 2.12. The average Bonchev–Trinajstić information content (AvgIpc) is 3.34. The van der Waals surface area contributed by atoms with E-state index in [4.69, 9.17) is 0 Å². The van der Waals surface area contributed by atoms with Gasteiger partial charge in [0.2, 0.25) is 0 Å². The molecule has 1 aromatic heterocycles. The predicted molar refractivity (Wildman–Crippen MR) is 157 cm³/mol. The maximum atomic E-state index is 13.4. The van der Waals surface area contributed by atoms with Crippen LogP contribution in [0.3, 0.4) is 0 Å². The molecule has 2 aliphatic heterocycles. The fourth-order valence-electron chi connectivity index (χ4n) is 5.89. The molecule has 210 valence electrons. The number of benzene rings is 3. The maximum absolute atomic E-state index is 13.4. The molecule has 5 nitrogen and oxygen atoms in total. The molecule has 0 spiro atoms. The van der Waals surface area contributed by atoms with Crippen LogP contribution in [0.1, 0.15) is 29.5 Å². The minimum Gasteiger partial charge on any atom is -0.382 e.